The number of ether oxygens (including phenoxy) is 1. The van der Waals surface area contributed by atoms with Crippen LogP contribution in [0.5, 0.6) is 5.75 Å². The molecule has 0 aliphatic carbocycles. The second-order valence-corrected chi connectivity index (χ2v) is 9.47. The van der Waals surface area contributed by atoms with Gasteiger partial charge in [-0.05, 0) is 46.3 Å². The van der Waals surface area contributed by atoms with Crippen LogP contribution in [0.2, 0.25) is 5.02 Å². The van der Waals surface area contributed by atoms with Gasteiger partial charge in [-0.15, -0.1) is 0 Å². The Morgan fingerprint density at radius 3 is 2.07 bits per heavy atom. The van der Waals surface area contributed by atoms with Crippen molar-refractivity contribution in [2.45, 2.75) is 23.9 Å². The number of pyridine rings is 1. The Morgan fingerprint density at radius 1 is 0.905 bits per heavy atom. The number of amides is 2. The van der Waals surface area contributed by atoms with Crippen LogP contribution in [0.3, 0.4) is 0 Å². The lowest BCUT2D eigenvalue weighted by molar-refractivity contribution is -0.389. The first-order valence-electron chi connectivity index (χ1n) is 10.9. The Kier molecular flexibility index (Phi) is 9.08. The molecule has 1 aromatic heterocycles. The van der Waals surface area contributed by atoms with Crippen LogP contribution in [-0.4, -0.2) is 42.2 Å². The van der Waals surface area contributed by atoms with E-state index >= 15 is 0 Å². The molecular weight excluding hydrogens is 684 g/mol. The van der Waals surface area contributed by atoms with E-state index in [4.69, 9.17) is 16.3 Å². The fourth-order valence-electron chi connectivity index (χ4n) is 3.56. The molecule has 0 fully saturated rings. The van der Waals surface area contributed by atoms with Crippen molar-refractivity contribution in [2.75, 3.05) is 17.7 Å². The molecule has 226 valence electrons. The van der Waals surface area contributed by atoms with E-state index in [0.717, 1.165) is 25.4 Å². The smallest absolute Gasteiger partial charge is 0.457 e. The summed E-state index contributed by atoms with van der Waals surface area (Å²) in [5, 5.41) is 3.40. The lowest BCUT2D eigenvalue weighted by Gasteiger charge is -2.36. The Bertz CT molecular complexity index is 1510. The second kappa shape index (κ2) is 11.6. The topological polar surface area (TPSA) is 80.3 Å². The van der Waals surface area contributed by atoms with Crippen LogP contribution < -0.4 is 15.4 Å². The number of methoxy groups -OCH3 is 1. The largest absolute Gasteiger partial charge is 0.494 e. The summed E-state index contributed by atoms with van der Waals surface area (Å²) in [6.45, 7) is 0. The van der Waals surface area contributed by atoms with Crippen LogP contribution in [0.25, 0.3) is 0 Å². The number of anilines is 2. The van der Waals surface area contributed by atoms with Gasteiger partial charge >= 0.3 is 23.9 Å². The quantitative estimate of drug-likeness (QED) is 0.194. The number of benzene rings is 2. The lowest BCUT2D eigenvalue weighted by Crippen LogP contribution is -2.59. The van der Waals surface area contributed by atoms with Gasteiger partial charge < -0.3 is 15.4 Å². The maximum atomic E-state index is 14.9. The van der Waals surface area contributed by atoms with Crippen molar-refractivity contribution >= 4 is 50.7 Å². The molecule has 1 unspecified atom stereocenters. The lowest BCUT2D eigenvalue weighted by atomic mass is 9.87. The van der Waals surface area contributed by atoms with Gasteiger partial charge in [0.05, 0.1) is 29.1 Å². The monoisotopic (exact) mass is 695 g/mol. The molecule has 2 aromatic carbocycles. The van der Waals surface area contributed by atoms with Gasteiger partial charge in [0, 0.05) is 27.9 Å². The Morgan fingerprint density at radius 2 is 1.55 bits per heavy atom. The molecule has 0 saturated carbocycles. The normalized spacial score (nSPS) is 13.7. The summed E-state index contributed by atoms with van der Waals surface area (Å²) in [5.41, 5.74) is -9.73. The van der Waals surface area contributed by atoms with Crippen LogP contribution >= 0.6 is 27.5 Å². The van der Waals surface area contributed by atoms with E-state index in [9.17, 15) is 53.5 Å². The maximum Gasteiger partial charge on any atom is 0.457 e. The summed E-state index contributed by atoms with van der Waals surface area (Å²) >= 11 is 8.42. The summed E-state index contributed by atoms with van der Waals surface area (Å²) < 4.78 is 139. The van der Waals surface area contributed by atoms with Crippen LogP contribution in [0.4, 0.5) is 55.3 Å². The molecule has 3 rings (SSSR count). The van der Waals surface area contributed by atoms with E-state index in [-0.39, 0.29) is 34.7 Å². The summed E-state index contributed by atoms with van der Waals surface area (Å²) in [6, 6.07) is 5.48. The highest BCUT2D eigenvalue weighted by Crippen LogP contribution is 2.59. The maximum absolute atomic E-state index is 14.9. The van der Waals surface area contributed by atoms with Crippen LogP contribution in [0.15, 0.2) is 53.1 Å². The highest BCUT2D eigenvalue weighted by Gasteiger charge is 2.81. The molecule has 0 radical (unpaired) electrons. The fraction of sp³-hybridized carbons (Fsp3) is 0.208. The van der Waals surface area contributed by atoms with E-state index in [2.05, 4.69) is 31.5 Å². The van der Waals surface area contributed by atoms with Gasteiger partial charge in [0.2, 0.25) is 5.95 Å². The third kappa shape index (κ3) is 5.97. The number of nitrogens with one attached hydrogen (secondary N) is 2. The summed E-state index contributed by atoms with van der Waals surface area (Å²) in [4.78, 5) is 28.8. The molecule has 1 atom stereocenters. The minimum absolute atomic E-state index is 0.0453. The molecular formula is C24H13BrClF10N3O3. The Labute approximate surface area is 242 Å². The van der Waals surface area contributed by atoms with E-state index < -0.39 is 62.5 Å². The number of carbonyl (C=O) groups excluding carboxylic acids is 2. The minimum atomic E-state index is -6.95. The molecule has 0 aliphatic rings. The molecule has 2 N–H and O–H groups in total. The molecule has 0 bridgehead atoms. The number of halogens is 12. The number of carbonyl (C=O) groups is 2. The Hall–Kier alpha value is -3.60. The van der Waals surface area contributed by atoms with Crippen LogP contribution in [-0.2, 0) is 5.67 Å². The first-order chi connectivity index (χ1) is 19.3. The van der Waals surface area contributed by atoms with Gasteiger partial charge in [0.25, 0.3) is 11.8 Å². The summed E-state index contributed by atoms with van der Waals surface area (Å²) in [5.74, 6) is -10.2. The van der Waals surface area contributed by atoms with Crippen molar-refractivity contribution in [1.82, 2.24) is 4.98 Å². The minimum Gasteiger partial charge on any atom is -0.494 e. The van der Waals surface area contributed by atoms with E-state index in [0.29, 0.717) is 0 Å². The zero-order valence-electron chi connectivity index (χ0n) is 20.3. The van der Waals surface area contributed by atoms with Crippen molar-refractivity contribution in [1.29, 1.82) is 0 Å². The number of rotatable bonds is 7. The van der Waals surface area contributed by atoms with E-state index in [1.807, 2.05) is 0 Å². The Balaban J connectivity index is 2.00. The van der Waals surface area contributed by atoms with Crippen LogP contribution in [0.1, 0.15) is 26.3 Å². The molecule has 0 aliphatic heterocycles. The average Bonchev–Trinajstić information content (AvgIpc) is 2.88. The molecule has 6 nitrogen and oxygen atoms in total. The first kappa shape index (κ1) is 32.9. The van der Waals surface area contributed by atoms with Crippen molar-refractivity contribution in [3.63, 3.8) is 0 Å². The zero-order chi connectivity index (χ0) is 31.8. The summed E-state index contributed by atoms with van der Waals surface area (Å²) in [7, 11) is 1.09. The van der Waals surface area contributed by atoms with Crippen molar-refractivity contribution < 1.29 is 58.2 Å². The molecule has 1 heterocycles. The first-order valence-corrected chi connectivity index (χ1v) is 12.0. The molecule has 3 aromatic rings. The molecule has 2 amide bonds. The third-order valence-electron chi connectivity index (χ3n) is 5.56. The predicted octanol–water partition coefficient (Wildman–Crippen LogP) is 8.07. The van der Waals surface area contributed by atoms with Crippen LogP contribution in [0, 0.1) is 5.95 Å². The number of hydrogen-bond donors (Lipinski definition) is 2. The van der Waals surface area contributed by atoms with Gasteiger partial charge in [0.15, 0.2) is 5.75 Å². The highest BCUT2D eigenvalue weighted by atomic mass is 79.9. The molecule has 42 heavy (non-hydrogen) atoms. The van der Waals surface area contributed by atoms with Crippen molar-refractivity contribution in [3.05, 3.63) is 80.8 Å². The van der Waals surface area contributed by atoms with E-state index in [1.54, 1.807) is 0 Å². The van der Waals surface area contributed by atoms with Gasteiger partial charge in [-0.3, -0.25) is 9.59 Å². The standard InChI is InChI=1S/C24H13BrClF10N3O3/c1-42-18-12(3-2-4-15(18)38-19(40)10-5-6-37-16(27)7-10)20(41)39-17-13(25)8-11(9-14(17)26)21(28,23(31,32)33)22(29,30)24(34,35)36/h2-9H,1H3,(H,38,40)(H,39,41). The van der Waals surface area contributed by atoms with Gasteiger partial charge in [-0.1, -0.05) is 17.7 Å². The molecule has 0 spiro atoms. The molecule has 18 heteroatoms. The number of aromatic nitrogens is 1. The average molecular weight is 697 g/mol. The predicted molar refractivity (Wildman–Crippen MR) is 132 cm³/mol. The third-order valence-corrected chi connectivity index (χ3v) is 6.48. The van der Waals surface area contributed by atoms with Gasteiger partial charge in [-0.25, -0.2) is 9.37 Å². The number of hydrogen-bond acceptors (Lipinski definition) is 4. The second-order valence-electron chi connectivity index (χ2n) is 8.21. The SMILES string of the molecule is COc1c(NC(=O)c2ccnc(F)c2)cccc1C(=O)Nc1c(Cl)cc(C(F)(C(F)(F)F)C(F)(F)C(F)(F)F)cc1Br. The number of alkyl halides is 9. The van der Waals surface area contributed by atoms with Crippen molar-refractivity contribution in [3.8, 4) is 5.75 Å². The molecule has 0 saturated heterocycles. The number of para-hydroxylation sites is 1. The van der Waals surface area contributed by atoms with Gasteiger partial charge in [0.1, 0.15) is 0 Å². The highest BCUT2D eigenvalue weighted by molar-refractivity contribution is 9.10. The number of nitrogens with zero attached hydrogens (tertiary/aromatic N) is 1. The van der Waals surface area contributed by atoms with E-state index in [1.165, 1.54) is 18.2 Å². The van der Waals surface area contributed by atoms with Gasteiger partial charge in [-0.2, -0.15) is 39.5 Å². The zero-order valence-corrected chi connectivity index (χ0v) is 22.7. The van der Waals surface area contributed by atoms with Crippen molar-refractivity contribution in [2.24, 2.45) is 0 Å². The fourth-order valence-corrected chi connectivity index (χ4v) is 4.50. The summed E-state index contributed by atoms with van der Waals surface area (Å²) in [6.07, 6.45) is -12.7.